The second kappa shape index (κ2) is 16.3. The first-order valence-corrected chi connectivity index (χ1v) is 14.4. The van der Waals surface area contributed by atoms with Gasteiger partial charge in [0.2, 0.25) is 0 Å². The molecule has 0 aromatic carbocycles. The van der Waals surface area contributed by atoms with Gasteiger partial charge in [-0.15, -0.1) is 0 Å². The van der Waals surface area contributed by atoms with Crippen LogP contribution in [0.25, 0.3) is 0 Å². The van der Waals surface area contributed by atoms with Crippen molar-refractivity contribution >= 4 is 0 Å². The lowest BCUT2D eigenvalue weighted by Crippen LogP contribution is -2.66. The Bertz CT molecular complexity index is 728. The van der Waals surface area contributed by atoms with E-state index in [0.29, 0.717) is 38.9 Å². The highest BCUT2D eigenvalue weighted by molar-refractivity contribution is 4.99. The number of nitrogens with one attached hydrogen (secondary N) is 1. The van der Waals surface area contributed by atoms with Gasteiger partial charge < -0.3 is 78.5 Å². The molecule has 1 saturated carbocycles. The van der Waals surface area contributed by atoms with Gasteiger partial charge in [-0.3, -0.25) is 0 Å². The molecule has 2 unspecified atom stereocenters. The second-order valence-corrected chi connectivity index (χ2v) is 11.2. The SMILES string of the molecule is NCCCN[C@@H]1CC[C@@H](CN)O[C@@H]1OC1[C@@H](N)C[C@@H](CCC(O)CN)[C@H](O[C@H]2O[C@H](CO)[C@@H](O)[C@H](N)[C@H]2O)[C@H]1O. The van der Waals surface area contributed by atoms with Crippen LogP contribution < -0.4 is 34.0 Å². The van der Waals surface area contributed by atoms with Crippen molar-refractivity contribution in [2.24, 2.45) is 34.6 Å². The highest BCUT2D eigenvalue weighted by Crippen LogP contribution is 2.36. The first-order chi connectivity index (χ1) is 19.1. The quantitative estimate of drug-likeness (QED) is 0.0859. The highest BCUT2D eigenvalue weighted by atomic mass is 16.7. The van der Waals surface area contributed by atoms with E-state index in [1.165, 1.54) is 0 Å². The minimum absolute atomic E-state index is 0.0772. The average molecular weight is 581 g/mol. The molecule has 16 N–H and O–H groups in total. The Morgan fingerprint density at radius 2 is 1.65 bits per heavy atom. The zero-order valence-electron chi connectivity index (χ0n) is 23.1. The standard InChI is InChI=1S/C25H52N6O9/c26-6-1-7-31-16-5-4-14(10-28)37-24(16)40-23-15(29)8-12(2-3-13(33)9-27)22(21(23)36)39-25-20(35)18(30)19(34)17(11-32)38-25/h12-25,31-36H,1-11,26-30H2/t12-,13?,14+,15+,16-,17-,18+,19-,20-,21-,22+,23?,24-,25-/m1/s1. The molecule has 1 aliphatic carbocycles. The zero-order valence-corrected chi connectivity index (χ0v) is 23.1. The Labute approximate surface area is 235 Å². The van der Waals surface area contributed by atoms with E-state index in [2.05, 4.69) is 5.32 Å². The normalized spacial score (nSPS) is 43.5. The Morgan fingerprint density at radius 3 is 2.30 bits per heavy atom. The van der Waals surface area contributed by atoms with Gasteiger partial charge in [0.05, 0.1) is 37.0 Å². The van der Waals surface area contributed by atoms with Gasteiger partial charge >= 0.3 is 0 Å². The van der Waals surface area contributed by atoms with Crippen molar-refractivity contribution in [3.05, 3.63) is 0 Å². The summed E-state index contributed by atoms with van der Waals surface area (Å²) in [5.74, 6) is -0.361. The number of ether oxygens (including phenoxy) is 4. The van der Waals surface area contributed by atoms with Gasteiger partial charge in [0.1, 0.15) is 30.5 Å². The lowest BCUT2D eigenvalue weighted by Gasteiger charge is -2.48. The largest absolute Gasteiger partial charge is 0.394 e. The van der Waals surface area contributed by atoms with Crippen molar-refractivity contribution in [1.82, 2.24) is 5.32 Å². The Hall–Kier alpha value is -0.600. The molecule has 0 radical (unpaired) electrons. The van der Waals surface area contributed by atoms with Gasteiger partial charge in [-0.05, 0) is 57.5 Å². The topological polar surface area (TPSA) is 280 Å². The van der Waals surface area contributed by atoms with E-state index in [1.807, 2.05) is 0 Å². The van der Waals surface area contributed by atoms with Crippen molar-refractivity contribution in [2.75, 3.05) is 32.8 Å². The molecule has 40 heavy (non-hydrogen) atoms. The molecule has 0 spiro atoms. The van der Waals surface area contributed by atoms with E-state index in [-0.39, 0.29) is 24.6 Å². The van der Waals surface area contributed by atoms with Crippen LogP contribution >= 0.6 is 0 Å². The summed E-state index contributed by atoms with van der Waals surface area (Å²) in [6.45, 7) is 1.06. The van der Waals surface area contributed by atoms with Crippen LogP contribution in [-0.2, 0) is 18.9 Å². The number of aliphatic hydroxyl groups excluding tert-OH is 5. The second-order valence-electron chi connectivity index (χ2n) is 11.2. The first-order valence-electron chi connectivity index (χ1n) is 14.4. The molecule has 3 fully saturated rings. The summed E-state index contributed by atoms with van der Waals surface area (Å²) in [5, 5.41) is 55.6. The summed E-state index contributed by atoms with van der Waals surface area (Å²) >= 11 is 0. The summed E-state index contributed by atoms with van der Waals surface area (Å²) in [5.41, 5.74) is 29.6. The third-order valence-corrected chi connectivity index (χ3v) is 8.30. The van der Waals surface area contributed by atoms with Crippen LogP contribution in [-0.4, -0.2) is 138 Å². The predicted octanol–water partition coefficient (Wildman–Crippen LogP) is -4.90. The summed E-state index contributed by atoms with van der Waals surface area (Å²) in [4.78, 5) is 0. The van der Waals surface area contributed by atoms with Crippen molar-refractivity contribution in [3.8, 4) is 0 Å². The van der Waals surface area contributed by atoms with Crippen molar-refractivity contribution in [3.63, 3.8) is 0 Å². The van der Waals surface area contributed by atoms with E-state index in [9.17, 15) is 25.5 Å². The van der Waals surface area contributed by atoms with Crippen LogP contribution in [0.15, 0.2) is 0 Å². The summed E-state index contributed by atoms with van der Waals surface area (Å²) in [6.07, 6.45) is -6.59. The van der Waals surface area contributed by atoms with Gasteiger partial charge in [0.25, 0.3) is 0 Å². The van der Waals surface area contributed by atoms with Gasteiger partial charge in [-0.2, -0.15) is 0 Å². The summed E-state index contributed by atoms with van der Waals surface area (Å²) in [7, 11) is 0. The zero-order chi connectivity index (χ0) is 29.4. The molecule has 15 nitrogen and oxygen atoms in total. The number of hydrogen-bond acceptors (Lipinski definition) is 15. The molecule has 0 amide bonds. The molecule has 0 bridgehead atoms. The molecule has 3 aliphatic rings. The van der Waals surface area contributed by atoms with Crippen LogP contribution in [0.3, 0.4) is 0 Å². The summed E-state index contributed by atoms with van der Waals surface area (Å²) < 4.78 is 24.2. The van der Waals surface area contributed by atoms with Crippen molar-refractivity contribution in [2.45, 2.75) is 118 Å². The molecule has 15 heteroatoms. The number of rotatable bonds is 14. The molecular weight excluding hydrogens is 528 g/mol. The molecule has 14 atom stereocenters. The van der Waals surface area contributed by atoms with E-state index in [4.69, 9.17) is 47.6 Å². The maximum absolute atomic E-state index is 11.6. The van der Waals surface area contributed by atoms with Gasteiger partial charge in [0.15, 0.2) is 12.6 Å². The van der Waals surface area contributed by atoms with E-state index >= 15 is 0 Å². The van der Waals surface area contributed by atoms with Crippen LogP contribution in [0.5, 0.6) is 0 Å². The molecule has 2 saturated heterocycles. The minimum atomic E-state index is -1.43. The third kappa shape index (κ3) is 8.49. The van der Waals surface area contributed by atoms with Crippen molar-refractivity contribution < 1.29 is 44.5 Å². The Morgan fingerprint density at radius 1 is 0.925 bits per heavy atom. The van der Waals surface area contributed by atoms with Gasteiger partial charge in [-0.25, -0.2) is 0 Å². The average Bonchev–Trinajstić information content (AvgIpc) is 2.96. The predicted molar refractivity (Wildman–Crippen MR) is 144 cm³/mol. The molecule has 2 aliphatic heterocycles. The van der Waals surface area contributed by atoms with Crippen molar-refractivity contribution in [1.29, 1.82) is 0 Å². The number of hydrogen-bond donors (Lipinski definition) is 11. The highest BCUT2D eigenvalue weighted by Gasteiger charge is 2.50. The Kier molecular flexibility index (Phi) is 13.8. The molecular formula is C25H52N6O9. The maximum Gasteiger partial charge on any atom is 0.186 e. The van der Waals surface area contributed by atoms with Gasteiger partial charge in [0, 0.05) is 19.1 Å². The summed E-state index contributed by atoms with van der Waals surface area (Å²) in [6, 6.07) is -1.92. The fourth-order valence-electron chi connectivity index (χ4n) is 5.80. The van der Waals surface area contributed by atoms with E-state index < -0.39 is 74.0 Å². The van der Waals surface area contributed by atoms with E-state index in [0.717, 1.165) is 19.3 Å². The van der Waals surface area contributed by atoms with Crippen LogP contribution in [0.1, 0.15) is 38.5 Å². The fourth-order valence-corrected chi connectivity index (χ4v) is 5.80. The van der Waals surface area contributed by atoms with Crippen LogP contribution in [0, 0.1) is 5.92 Å². The van der Waals surface area contributed by atoms with Crippen LogP contribution in [0.4, 0.5) is 0 Å². The lowest BCUT2D eigenvalue weighted by molar-refractivity contribution is -0.318. The number of aliphatic hydroxyl groups is 5. The maximum atomic E-state index is 11.6. The fraction of sp³-hybridized carbons (Fsp3) is 1.00. The smallest absolute Gasteiger partial charge is 0.186 e. The molecule has 0 aromatic heterocycles. The van der Waals surface area contributed by atoms with E-state index in [1.54, 1.807) is 0 Å². The minimum Gasteiger partial charge on any atom is -0.394 e. The molecule has 236 valence electrons. The lowest BCUT2D eigenvalue weighted by atomic mass is 9.77. The molecule has 0 aromatic rings. The number of nitrogens with two attached hydrogens (primary N) is 5. The van der Waals surface area contributed by atoms with Gasteiger partial charge in [-0.1, -0.05) is 0 Å². The molecule has 3 rings (SSSR count). The first kappa shape index (κ1) is 33.9. The molecule has 2 heterocycles. The van der Waals surface area contributed by atoms with Crippen LogP contribution in [0.2, 0.25) is 0 Å². The third-order valence-electron chi connectivity index (χ3n) is 8.30. The Balaban J connectivity index is 1.79. The monoisotopic (exact) mass is 580 g/mol.